The lowest BCUT2D eigenvalue weighted by molar-refractivity contribution is -0.383. The molecule has 0 aliphatic carbocycles. The molecule has 0 saturated carbocycles. The molecule has 20 heavy (non-hydrogen) atoms. The molecule has 0 spiro atoms. The van der Waals surface area contributed by atoms with Crippen LogP contribution in [0.3, 0.4) is 0 Å². The van der Waals surface area contributed by atoms with Gasteiger partial charge in [-0.1, -0.05) is 25.2 Å². The lowest BCUT2D eigenvalue weighted by Crippen LogP contribution is -2.40. The Hall–Kier alpha value is -1.19. The first-order valence-corrected chi connectivity index (χ1v) is 8.43. The van der Waals surface area contributed by atoms with Gasteiger partial charge in [0.1, 0.15) is 4.21 Å². The fraction of sp³-hybridized carbons (Fsp3) is 0.636. The van der Waals surface area contributed by atoms with Crippen molar-refractivity contribution in [3.05, 3.63) is 16.2 Å². The molecule has 1 aromatic heterocycles. The molecular formula is C11H17N3O4S2. The van der Waals surface area contributed by atoms with Gasteiger partial charge in [-0.2, -0.15) is 4.31 Å². The molecule has 0 aromatic carbocycles. The van der Waals surface area contributed by atoms with E-state index in [0.29, 0.717) is 13.1 Å². The average Bonchev–Trinajstić information content (AvgIpc) is 2.71. The molecule has 0 amide bonds. The molecule has 1 fully saturated rings. The van der Waals surface area contributed by atoms with Crippen molar-refractivity contribution in [1.29, 1.82) is 0 Å². The van der Waals surface area contributed by atoms with Gasteiger partial charge in [-0.3, -0.25) is 10.1 Å². The molecule has 9 heteroatoms. The third-order valence-electron chi connectivity index (χ3n) is 3.58. The van der Waals surface area contributed by atoms with Gasteiger partial charge in [-0.05, 0) is 18.3 Å². The van der Waals surface area contributed by atoms with Crippen LogP contribution < -0.4 is 5.73 Å². The van der Waals surface area contributed by atoms with Crippen LogP contribution in [0.2, 0.25) is 0 Å². The summed E-state index contributed by atoms with van der Waals surface area (Å²) in [6, 6.07) is 1.05. The molecule has 2 N–H and O–H groups in total. The normalized spacial score (nSPS) is 19.9. The van der Waals surface area contributed by atoms with Crippen molar-refractivity contribution in [3.63, 3.8) is 0 Å². The fourth-order valence-corrected chi connectivity index (χ4v) is 4.91. The molecule has 0 unspecified atom stereocenters. The summed E-state index contributed by atoms with van der Waals surface area (Å²) in [7, 11) is -3.68. The van der Waals surface area contributed by atoms with Crippen LogP contribution in [0, 0.1) is 15.5 Å². The maximum atomic E-state index is 12.4. The number of nitro groups is 1. The van der Waals surface area contributed by atoms with E-state index in [0.717, 1.165) is 30.2 Å². The number of hydrogen-bond donors (Lipinski definition) is 1. The van der Waals surface area contributed by atoms with Crippen molar-refractivity contribution in [2.24, 2.45) is 5.41 Å². The molecule has 7 nitrogen and oxygen atoms in total. The Labute approximate surface area is 121 Å². The molecule has 2 rings (SSSR count). The molecule has 112 valence electrons. The zero-order chi connectivity index (χ0) is 15.1. The van der Waals surface area contributed by atoms with Gasteiger partial charge >= 0.3 is 5.69 Å². The quantitative estimate of drug-likeness (QED) is 0.678. The Morgan fingerprint density at radius 2 is 1.95 bits per heavy atom. The first kappa shape index (κ1) is 15.2. The predicted molar refractivity (Wildman–Crippen MR) is 77.2 cm³/mol. The highest BCUT2D eigenvalue weighted by atomic mass is 32.2. The number of piperidine rings is 1. The summed E-state index contributed by atoms with van der Waals surface area (Å²) in [6.45, 7) is 5.07. The minimum atomic E-state index is -3.68. The summed E-state index contributed by atoms with van der Waals surface area (Å²) in [5.74, 6) is 0. The summed E-state index contributed by atoms with van der Waals surface area (Å²) >= 11 is 0.750. The standard InChI is InChI=1S/C11H17N3O4S2/c1-11(2)3-5-13(6-4-11)20(17,18)9-7-8(14(15)16)10(12)19-9/h7H,3-6,12H2,1-2H3. The average molecular weight is 319 g/mol. The summed E-state index contributed by atoms with van der Waals surface area (Å²) < 4.78 is 26.2. The third-order valence-corrected chi connectivity index (χ3v) is 6.89. The van der Waals surface area contributed by atoms with Crippen LogP contribution in [-0.4, -0.2) is 30.7 Å². The lowest BCUT2D eigenvalue weighted by Gasteiger charge is -2.35. The van der Waals surface area contributed by atoms with Crippen molar-refractivity contribution >= 4 is 32.0 Å². The van der Waals surface area contributed by atoms with E-state index in [-0.39, 0.29) is 20.3 Å². The molecule has 1 saturated heterocycles. The molecule has 1 aliphatic heterocycles. The van der Waals surface area contributed by atoms with E-state index in [9.17, 15) is 18.5 Å². The van der Waals surface area contributed by atoms with E-state index >= 15 is 0 Å². The van der Waals surface area contributed by atoms with E-state index in [2.05, 4.69) is 13.8 Å². The third kappa shape index (κ3) is 2.79. The van der Waals surface area contributed by atoms with E-state index in [1.54, 1.807) is 0 Å². The number of thiophene rings is 1. The van der Waals surface area contributed by atoms with Crippen molar-refractivity contribution in [3.8, 4) is 0 Å². The number of sulfonamides is 1. The molecule has 0 atom stereocenters. The highest BCUT2D eigenvalue weighted by Gasteiger charge is 2.35. The zero-order valence-corrected chi connectivity index (χ0v) is 13.0. The molecular weight excluding hydrogens is 302 g/mol. The number of rotatable bonds is 3. The predicted octanol–water partition coefficient (Wildman–Crippen LogP) is 2.05. The highest BCUT2D eigenvalue weighted by molar-refractivity contribution is 7.91. The zero-order valence-electron chi connectivity index (χ0n) is 11.3. The minimum Gasteiger partial charge on any atom is -0.385 e. The van der Waals surface area contributed by atoms with Crippen molar-refractivity contribution in [2.45, 2.75) is 30.9 Å². The summed E-state index contributed by atoms with van der Waals surface area (Å²) in [5.41, 5.74) is 5.30. The molecule has 1 aliphatic rings. The van der Waals surface area contributed by atoms with Gasteiger partial charge < -0.3 is 5.73 Å². The molecule has 1 aromatic rings. The Kier molecular flexibility index (Phi) is 3.78. The SMILES string of the molecule is CC1(C)CCN(S(=O)(=O)c2cc([N+](=O)[O-])c(N)s2)CC1. The van der Waals surface area contributed by atoms with E-state index < -0.39 is 14.9 Å². The topological polar surface area (TPSA) is 107 Å². The second-order valence-corrected chi connectivity index (χ2v) is 8.89. The summed E-state index contributed by atoms with van der Waals surface area (Å²) in [5, 5.41) is 10.7. The number of hydrogen-bond acceptors (Lipinski definition) is 6. The van der Waals surface area contributed by atoms with Crippen LogP contribution in [0.5, 0.6) is 0 Å². The maximum Gasteiger partial charge on any atom is 0.304 e. The molecule has 0 radical (unpaired) electrons. The largest absolute Gasteiger partial charge is 0.385 e. The van der Waals surface area contributed by atoms with Gasteiger partial charge in [-0.15, -0.1) is 0 Å². The van der Waals surface area contributed by atoms with Crippen LogP contribution >= 0.6 is 11.3 Å². The monoisotopic (exact) mass is 319 g/mol. The van der Waals surface area contributed by atoms with Gasteiger partial charge in [0.15, 0.2) is 5.00 Å². The van der Waals surface area contributed by atoms with Crippen molar-refractivity contribution in [1.82, 2.24) is 4.31 Å². The van der Waals surface area contributed by atoms with E-state index in [4.69, 9.17) is 5.73 Å². The Morgan fingerprint density at radius 3 is 2.40 bits per heavy atom. The highest BCUT2D eigenvalue weighted by Crippen LogP contribution is 2.38. The Balaban J connectivity index is 2.27. The van der Waals surface area contributed by atoms with Gasteiger partial charge in [-0.25, -0.2) is 8.42 Å². The first-order valence-electron chi connectivity index (χ1n) is 6.17. The lowest BCUT2D eigenvalue weighted by atomic mass is 9.83. The fourth-order valence-electron chi connectivity index (χ4n) is 2.10. The Morgan fingerprint density at radius 1 is 1.40 bits per heavy atom. The van der Waals surface area contributed by atoms with Crippen LogP contribution in [0.4, 0.5) is 10.7 Å². The molecule has 2 heterocycles. The van der Waals surface area contributed by atoms with Crippen LogP contribution in [0.15, 0.2) is 10.3 Å². The van der Waals surface area contributed by atoms with Gasteiger partial charge in [0, 0.05) is 19.2 Å². The van der Waals surface area contributed by atoms with Crippen LogP contribution in [-0.2, 0) is 10.0 Å². The number of nitrogens with zero attached hydrogens (tertiary/aromatic N) is 2. The second kappa shape index (κ2) is 4.97. The van der Waals surface area contributed by atoms with Crippen LogP contribution in [0.1, 0.15) is 26.7 Å². The summed E-state index contributed by atoms with van der Waals surface area (Å²) in [4.78, 5) is 10.1. The van der Waals surface area contributed by atoms with Gasteiger partial charge in [0.05, 0.1) is 4.92 Å². The maximum absolute atomic E-state index is 12.4. The number of nitrogen functional groups attached to an aromatic ring is 1. The van der Waals surface area contributed by atoms with Crippen molar-refractivity contribution < 1.29 is 13.3 Å². The van der Waals surface area contributed by atoms with Crippen LogP contribution in [0.25, 0.3) is 0 Å². The van der Waals surface area contributed by atoms with E-state index in [1.807, 2.05) is 0 Å². The number of nitrogens with two attached hydrogens (primary N) is 1. The smallest absolute Gasteiger partial charge is 0.304 e. The van der Waals surface area contributed by atoms with E-state index in [1.165, 1.54) is 4.31 Å². The van der Waals surface area contributed by atoms with Gasteiger partial charge in [0.25, 0.3) is 10.0 Å². The first-order chi connectivity index (χ1) is 9.13. The minimum absolute atomic E-state index is 0.0543. The summed E-state index contributed by atoms with van der Waals surface area (Å²) in [6.07, 6.45) is 1.55. The second-order valence-electron chi connectivity index (χ2n) is 5.64. The number of anilines is 1. The Bertz CT molecular complexity index is 626. The molecule has 0 bridgehead atoms. The van der Waals surface area contributed by atoms with Gasteiger partial charge in [0.2, 0.25) is 0 Å². The van der Waals surface area contributed by atoms with Crippen molar-refractivity contribution in [2.75, 3.05) is 18.8 Å².